The highest BCUT2D eigenvalue weighted by Crippen LogP contribution is 2.24. The molecule has 3 aromatic rings. The van der Waals surface area contributed by atoms with Gasteiger partial charge in [0, 0.05) is 11.9 Å². The summed E-state index contributed by atoms with van der Waals surface area (Å²) in [5.74, 6) is 1.52. The van der Waals surface area contributed by atoms with Gasteiger partial charge in [0.25, 0.3) is 5.91 Å². The van der Waals surface area contributed by atoms with Crippen molar-refractivity contribution < 1.29 is 14.3 Å². The molecule has 0 saturated heterocycles. The van der Waals surface area contributed by atoms with Crippen LogP contribution in [0.25, 0.3) is 0 Å². The number of ether oxygens (including phenoxy) is 2. The molecular weight excluding hydrogens is 328 g/mol. The van der Waals surface area contributed by atoms with Gasteiger partial charge in [-0.2, -0.15) is 0 Å². The normalized spacial score (nSPS) is 10.2. The summed E-state index contributed by atoms with van der Waals surface area (Å²) < 4.78 is 11.2. The number of benzene rings is 2. The molecule has 1 aromatic heterocycles. The van der Waals surface area contributed by atoms with Crippen LogP contribution in [0.5, 0.6) is 17.4 Å². The average Bonchev–Trinajstić information content (AvgIpc) is 2.66. The molecule has 5 heteroatoms. The van der Waals surface area contributed by atoms with Crippen LogP contribution in [0, 0.1) is 6.92 Å². The lowest BCUT2D eigenvalue weighted by atomic mass is 10.2. The summed E-state index contributed by atoms with van der Waals surface area (Å²) >= 11 is 0. The Morgan fingerprint density at radius 3 is 2.31 bits per heavy atom. The standard InChI is InChI=1S/C21H20N2O3/c1-3-25-21-19(5-4-14-22-21)20(24)23-16-8-12-18(13-9-16)26-17-10-6-15(2)7-11-17/h4-14H,3H2,1-2H3,(H,23,24). The molecule has 26 heavy (non-hydrogen) atoms. The number of hydrogen-bond donors (Lipinski definition) is 1. The molecule has 0 spiro atoms. The maximum atomic E-state index is 12.5. The Morgan fingerprint density at radius 1 is 1.00 bits per heavy atom. The van der Waals surface area contributed by atoms with Gasteiger partial charge in [0.15, 0.2) is 0 Å². The molecule has 132 valence electrons. The predicted molar refractivity (Wildman–Crippen MR) is 101 cm³/mol. The van der Waals surface area contributed by atoms with Crippen LogP contribution in [-0.2, 0) is 0 Å². The zero-order chi connectivity index (χ0) is 18.4. The number of nitrogens with one attached hydrogen (secondary N) is 1. The summed E-state index contributed by atoms with van der Waals surface area (Å²) in [6.45, 7) is 4.33. The molecule has 5 nitrogen and oxygen atoms in total. The molecule has 0 fully saturated rings. The van der Waals surface area contributed by atoms with Crippen molar-refractivity contribution in [2.75, 3.05) is 11.9 Å². The number of carbonyl (C=O) groups is 1. The Kier molecular flexibility index (Phi) is 5.49. The summed E-state index contributed by atoms with van der Waals surface area (Å²) in [6.07, 6.45) is 1.60. The SMILES string of the molecule is CCOc1ncccc1C(=O)Nc1ccc(Oc2ccc(C)cc2)cc1. The lowest BCUT2D eigenvalue weighted by molar-refractivity contribution is 0.102. The zero-order valence-corrected chi connectivity index (χ0v) is 14.7. The van der Waals surface area contributed by atoms with E-state index in [0.717, 1.165) is 5.75 Å². The molecule has 0 aliphatic rings. The van der Waals surface area contributed by atoms with Gasteiger partial charge in [-0.3, -0.25) is 4.79 Å². The first-order valence-electron chi connectivity index (χ1n) is 8.39. The highest BCUT2D eigenvalue weighted by molar-refractivity contribution is 6.05. The van der Waals surface area contributed by atoms with Gasteiger partial charge in [-0.05, 0) is 62.4 Å². The smallest absolute Gasteiger partial charge is 0.261 e. The van der Waals surface area contributed by atoms with Crippen molar-refractivity contribution in [3.05, 3.63) is 78.0 Å². The molecule has 0 atom stereocenters. The summed E-state index contributed by atoms with van der Waals surface area (Å²) in [4.78, 5) is 16.6. The number of nitrogens with zero attached hydrogens (tertiary/aromatic N) is 1. The fourth-order valence-electron chi connectivity index (χ4n) is 2.36. The Balaban J connectivity index is 1.67. The summed E-state index contributed by atoms with van der Waals surface area (Å²) in [7, 11) is 0. The van der Waals surface area contributed by atoms with Crippen LogP contribution < -0.4 is 14.8 Å². The third-order valence-corrected chi connectivity index (χ3v) is 3.67. The van der Waals surface area contributed by atoms with Crippen molar-refractivity contribution in [3.8, 4) is 17.4 Å². The van der Waals surface area contributed by atoms with Crippen molar-refractivity contribution in [3.63, 3.8) is 0 Å². The first kappa shape index (κ1) is 17.5. The van der Waals surface area contributed by atoms with E-state index in [2.05, 4.69) is 10.3 Å². The molecule has 0 unspecified atom stereocenters. The highest BCUT2D eigenvalue weighted by Gasteiger charge is 2.13. The van der Waals surface area contributed by atoms with Gasteiger partial charge >= 0.3 is 0 Å². The number of pyridine rings is 1. The van der Waals surface area contributed by atoms with E-state index < -0.39 is 0 Å². The molecule has 0 aliphatic heterocycles. The summed E-state index contributed by atoms with van der Waals surface area (Å²) in [5, 5.41) is 2.84. The van der Waals surface area contributed by atoms with Crippen LogP contribution >= 0.6 is 0 Å². The van der Waals surface area contributed by atoms with Gasteiger partial charge in [-0.25, -0.2) is 4.98 Å². The molecule has 2 aromatic carbocycles. The molecule has 1 amide bonds. The van der Waals surface area contributed by atoms with Gasteiger partial charge in [0.2, 0.25) is 5.88 Å². The second kappa shape index (κ2) is 8.16. The Labute approximate surface area is 152 Å². The van der Waals surface area contributed by atoms with E-state index in [-0.39, 0.29) is 5.91 Å². The molecule has 0 radical (unpaired) electrons. The van der Waals surface area contributed by atoms with Crippen LogP contribution in [0.4, 0.5) is 5.69 Å². The van der Waals surface area contributed by atoms with E-state index in [4.69, 9.17) is 9.47 Å². The third-order valence-electron chi connectivity index (χ3n) is 3.67. The molecular formula is C21H20N2O3. The number of hydrogen-bond acceptors (Lipinski definition) is 4. The first-order chi connectivity index (χ1) is 12.7. The van der Waals surface area contributed by atoms with E-state index in [1.165, 1.54) is 5.56 Å². The topological polar surface area (TPSA) is 60.5 Å². The van der Waals surface area contributed by atoms with Crippen LogP contribution in [0.15, 0.2) is 66.9 Å². The maximum Gasteiger partial charge on any atom is 0.261 e. The molecule has 0 aliphatic carbocycles. The van der Waals surface area contributed by atoms with E-state index in [9.17, 15) is 4.79 Å². The predicted octanol–water partition coefficient (Wildman–Crippen LogP) is 4.83. The van der Waals surface area contributed by atoms with Gasteiger partial charge < -0.3 is 14.8 Å². The highest BCUT2D eigenvalue weighted by atomic mass is 16.5. The quantitative estimate of drug-likeness (QED) is 0.693. The van der Waals surface area contributed by atoms with Gasteiger partial charge in [-0.1, -0.05) is 17.7 Å². The third kappa shape index (κ3) is 4.39. The lowest BCUT2D eigenvalue weighted by Crippen LogP contribution is -2.14. The second-order valence-corrected chi connectivity index (χ2v) is 5.68. The van der Waals surface area contributed by atoms with Crippen molar-refractivity contribution in [1.29, 1.82) is 0 Å². The number of anilines is 1. The van der Waals surface area contributed by atoms with E-state index >= 15 is 0 Å². The number of amides is 1. The van der Waals surface area contributed by atoms with Crippen molar-refractivity contribution in [2.45, 2.75) is 13.8 Å². The Hall–Kier alpha value is -3.34. The van der Waals surface area contributed by atoms with E-state index in [1.807, 2.05) is 50.2 Å². The van der Waals surface area contributed by atoms with Crippen molar-refractivity contribution >= 4 is 11.6 Å². The number of aromatic nitrogens is 1. The summed E-state index contributed by atoms with van der Waals surface area (Å²) in [5.41, 5.74) is 2.24. The van der Waals surface area contributed by atoms with Gasteiger partial charge in [-0.15, -0.1) is 0 Å². The number of rotatable bonds is 6. The van der Waals surface area contributed by atoms with Crippen LogP contribution in [0.3, 0.4) is 0 Å². The number of carbonyl (C=O) groups excluding carboxylic acids is 1. The monoisotopic (exact) mass is 348 g/mol. The number of aryl methyl sites for hydroxylation is 1. The van der Waals surface area contributed by atoms with Crippen LogP contribution in [-0.4, -0.2) is 17.5 Å². The average molecular weight is 348 g/mol. The molecule has 3 rings (SSSR count). The molecule has 0 saturated carbocycles. The minimum Gasteiger partial charge on any atom is -0.477 e. The van der Waals surface area contributed by atoms with Crippen LogP contribution in [0.2, 0.25) is 0 Å². The van der Waals surface area contributed by atoms with E-state index in [1.54, 1.807) is 30.5 Å². The fourth-order valence-corrected chi connectivity index (χ4v) is 2.36. The first-order valence-corrected chi connectivity index (χ1v) is 8.39. The fraction of sp³-hybridized carbons (Fsp3) is 0.143. The van der Waals surface area contributed by atoms with Gasteiger partial charge in [0.05, 0.1) is 6.61 Å². The van der Waals surface area contributed by atoms with Gasteiger partial charge in [0.1, 0.15) is 17.1 Å². The largest absolute Gasteiger partial charge is 0.477 e. The second-order valence-electron chi connectivity index (χ2n) is 5.68. The summed E-state index contributed by atoms with van der Waals surface area (Å²) in [6, 6.07) is 18.4. The molecule has 0 bridgehead atoms. The molecule has 1 N–H and O–H groups in total. The Bertz CT molecular complexity index is 875. The minimum atomic E-state index is -0.270. The van der Waals surface area contributed by atoms with Crippen LogP contribution in [0.1, 0.15) is 22.8 Å². The van der Waals surface area contributed by atoms with Crippen molar-refractivity contribution in [1.82, 2.24) is 4.98 Å². The Morgan fingerprint density at radius 2 is 1.65 bits per heavy atom. The molecule has 1 heterocycles. The minimum absolute atomic E-state index is 0.270. The zero-order valence-electron chi connectivity index (χ0n) is 14.7. The maximum absolute atomic E-state index is 12.5. The van der Waals surface area contributed by atoms with Crippen molar-refractivity contribution in [2.24, 2.45) is 0 Å². The van der Waals surface area contributed by atoms with E-state index in [0.29, 0.717) is 29.5 Å². The lowest BCUT2D eigenvalue weighted by Gasteiger charge is -2.10.